The molecule has 3 N–H and O–H groups in total. The van der Waals surface area contributed by atoms with Crippen molar-refractivity contribution in [2.45, 2.75) is 37.8 Å². The molecule has 1 aromatic carbocycles. The number of benzene rings is 1. The molecule has 13 nitrogen and oxygen atoms in total. The molecule has 1 atom stereocenters. The van der Waals surface area contributed by atoms with Crippen molar-refractivity contribution in [2.75, 3.05) is 39.8 Å². The first-order valence-corrected chi connectivity index (χ1v) is 12.8. The molecule has 0 bridgehead atoms. The summed E-state index contributed by atoms with van der Waals surface area (Å²) in [5.41, 5.74) is 0.697. The van der Waals surface area contributed by atoms with Gasteiger partial charge in [-0.25, -0.2) is 14.6 Å². The van der Waals surface area contributed by atoms with Crippen LogP contribution in [0.25, 0.3) is 11.4 Å². The number of hydrogen-bond donors (Lipinski definition) is 3. The van der Waals surface area contributed by atoms with Gasteiger partial charge in [-0.15, -0.1) is 0 Å². The zero-order valence-electron chi connectivity index (χ0n) is 21.7. The summed E-state index contributed by atoms with van der Waals surface area (Å²) in [7, 11) is 1.19. The first-order valence-electron chi connectivity index (χ1n) is 12.8. The molecular formula is C26H32N6O7. The van der Waals surface area contributed by atoms with Gasteiger partial charge in [0.2, 0.25) is 11.8 Å². The van der Waals surface area contributed by atoms with Gasteiger partial charge in [0.1, 0.15) is 17.8 Å². The molecule has 0 spiro atoms. The molecule has 1 saturated heterocycles. The van der Waals surface area contributed by atoms with Crippen LogP contribution < -0.4 is 15.4 Å². The summed E-state index contributed by atoms with van der Waals surface area (Å²) in [5.74, 6) is -0.553. The lowest BCUT2D eigenvalue weighted by Crippen LogP contribution is -2.58. The Bertz CT molecular complexity index is 1180. The molecule has 13 heteroatoms. The van der Waals surface area contributed by atoms with E-state index < -0.39 is 30.0 Å². The maximum Gasteiger partial charge on any atom is 0.407 e. The average Bonchev–Trinajstić information content (AvgIpc) is 3.47. The SMILES string of the molecule is COC(=O)NC[C@H](NC(=O)c1cc(OC2CCCC2)nc(-c2ccccc2)n1)C(=O)N1CCN(C(=O)O)CC1. The summed E-state index contributed by atoms with van der Waals surface area (Å²) < 4.78 is 10.7. The van der Waals surface area contributed by atoms with Crippen molar-refractivity contribution in [2.24, 2.45) is 0 Å². The Balaban J connectivity index is 1.55. The molecule has 1 saturated carbocycles. The van der Waals surface area contributed by atoms with E-state index in [1.165, 1.54) is 23.0 Å². The number of nitrogens with zero attached hydrogens (tertiary/aromatic N) is 4. The molecule has 0 radical (unpaired) electrons. The molecular weight excluding hydrogens is 508 g/mol. The molecule has 208 valence electrons. The van der Waals surface area contributed by atoms with Gasteiger partial charge in [0, 0.05) is 37.8 Å². The van der Waals surface area contributed by atoms with Crippen LogP contribution in [0, 0.1) is 0 Å². The lowest BCUT2D eigenvalue weighted by atomic mass is 10.2. The third kappa shape index (κ3) is 7.33. The Kier molecular flexibility index (Phi) is 9.13. The predicted octanol–water partition coefficient (Wildman–Crippen LogP) is 1.74. The third-order valence-electron chi connectivity index (χ3n) is 6.66. The van der Waals surface area contributed by atoms with E-state index in [0.717, 1.165) is 25.7 Å². The number of carboxylic acid groups (broad SMARTS) is 1. The van der Waals surface area contributed by atoms with Gasteiger partial charge in [0.15, 0.2) is 5.82 Å². The Morgan fingerprint density at radius 1 is 1.03 bits per heavy atom. The van der Waals surface area contributed by atoms with Crippen molar-refractivity contribution >= 4 is 24.0 Å². The number of hydrogen-bond acceptors (Lipinski definition) is 8. The van der Waals surface area contributed by atoms with E-state index in [9.17, 15) is 24.3 Å². The fourth-order valence-electron chi connectivity index (χ4n) is 4.52. The maximum atomic E-state index is 13.4. The van der Waals surface area contributed by atoms with Crippen LogP contribution in [0.1, 0.15) is 36.2 Å². The van der Waals surface area contributed by atoms with Gasteiger partial charge in [-0.2, -0.15) is 4.98 Å². The maximum absolute atomic E-state index is 13.4. The minimum absolute atomic E-state index is 0.00230. The monoisotopic (exact) mass is 540 g/mol. The molecule has 2 fully saturated rings. The number of rotatable bonds is 8. The van der Waals surface area contributed by atoms with E-state index in [1.54, 1.807) is 0 Å². The van der Waals surface area contributed by atoms with Crippen LogP contribution in [0.2, 0.25) is 0 Å². The predicted molar refractivity (Wildman–Crippen MR) is 138 cm³/mol. The van der Waals surface area contributed by atoms with Gasteiger partial charge in [-0.1, -0.05) is 30.3 Å². The summed E-state index contributed by atoms with van der Waals surface area (Å²) in [6, 6.07) is 9.46. The smallest absolute Gasteiger partial charge is 0.407 e. The lowest BCUT2D eigenvalue weighted by Gasteiger charge is -2.35. The second-order valence-electron chi connectivity index (χ2n) is 9.30. The zero-order chi connectivity index (χ0) is 27.8. The fraction of sp³-hybridized carbons (Fsp3) is 0.462. The molecule has 39 heavy (non-hydrogen) atoms. The first-order chi connectivity index (χ1) is 18.8. The van der Waals surface area contributed by atoms with E-state index in [0.29, 0.717) is 11.4 Å². The average molecular weight is 541 g/mol. The minimum Gasteiger partial charge on any atom is -0.474 e. The highest BCUT2D eigenvalue weighted by Gasteiger charge is 2.31. The minimum atomic E-state index is -1.15. The number of carbonyl (C=O) groups is 4. The molecule has 4 rings (SSSR count). The highest BCUT2D eigenvalue weighted by atomic mass is 16.5. The molecule has 1 aromatic heterocycles. The van der Waals surface area contributed by atoms with Crippen LogP contribution in [0.3, 0.4) is 0 Å². The van der Waals surface area contributed by atoms with E-state index in [2.05, 4.69) is 25.3 Å². The number of piperazine rings is 1. The summed E-state index contributed by atoms with van der Waals surface area (Å²) in [6.07, 6.45) is 2.10. The highest BCUT2D eigenvalue weighted by Crippen LogP contribution is 2.25. The number of alkyl carbamates (subject to hydrolysis) is 1. The van der Waals surface area contributed by atoms with Gasteiger partial charge in [-0.3, -0.25) is 9.59 Å². The third-order valence-corrected chi connectivity index (χ3v) is 6.66. The second-order valence-corrected chi connectivity index (χ2v) is 9.30. The van der Waals surface area contributed by atoms with Crippen LogP contribution in [0.15, 0.2) is 36.4 Å². The highest BCUT2D eigenvalue weighted by molar-refractivity contribution is 5.97. The van der Waals surface area contributed by atoms with Gasteiger partial charge >= 0.3 is 12.2 Å². The summed E-state index contributed by atoms with van der Waals surface area (Å²) in [5, 5.41) is 14.3. The number of carbonyl (C=O) groups excluding carboxylic acids is 3. The van der Waals surface area contributed by atoms with E-state index in [4.69, 9.17) is 4.74 Å². The van der Waals surface area contributed by atoms with E-state index in [1.807, 2.05) is 30.3 Å². The summed E-state index contributed by atoms with van der Waals surface area (Å²) in [6.45, 7) is 0.348. The Morgan fingerprint density at radius 2 is 1.69 bits per heavy atom. The lowest BCUT2D eigenvalue weighted by molar-refractivity contribution is -0.134. The molecule has 2 aromatic rings. The topological polar surface area (TPSA) is 163 Å². The van der Waals surface area contributed by atoms with Gasteiger partial charge in [0.25, 0.3) is 5.91 Å². The molecule has 0 unspecified atom stereocenters. The van der Waals surface area contributed by atoms with Gasteiger partial charge < -0.3 is 35.0 Å². The Morgan fingerprint density at radius 3 is 2.33 bits per heavy atom. The fourth-order valence-corrected chi connectivity index (χ4v) is 4.52. The zero-order valence-corrected chi connectivity index (χ0v) is 21.7. The number of methoxy groups -OCH3 is 1. The van der Waals surface area contributed by atoms with Crippen LogP contribution in [-0.4, -0.2) is 101 Å². The quantitative estimate of drug-likeness (QED) is 0.452. The normalized spacial score (nSPS) is 16.3. The van der Waals surface area contributed by atoms with Gasteiger partial charge in [0.05, 0.1) is 13.7 Å². The van der Waals surface area contributed by atoms with Crippen molar-refractivity contribution in [3.63, 3.8) is 0 Å². The van der Waals surface area contributed by atoms with E-state index >= 15 is 0 Å². The first kappa shape index (κ1) is 27.6. The summed E-state index contributed by atoms with van der Waals surface area (Å²) in [4.78, 5) is 61.3. The van der Waals surface area contributed by atoms with Crippen molar-refractivity contribution < 1.29 is 33.8 Å². The van der Waals surface area contributed by atoms with Crippen LogP contribution in [-0.2, 0) is 9.53 Å². The second kappa shape index (κ2) is 12.9. The molecule has 1 aliphatic carbocycles. The number of ether oxygens (including phenoxy) is 2. The standard InChI is InChI=1S/C26H32N6O7/c1-38-25(35)27-16-20(24(34)31-11-13-32(14-12-31)26(36)37)29-23(33)19-15-21(39-18-9-5-6-10-18)30-22(28-19)17-7-3-2-4-8-17/h2-4,7-8,15,18,20H,5-6,9-14,16H2,1H3,(H,27,35)(H,29,33)(H,36,37)/t20-/m0/s1. The largest absolute Gasteiger partial charge is 0.474 e. The van der Waals surface area contributed by atoms with Crippen LogP contribution in [0.4, 0.5) is 9.59 Å². The number of amides is 4. The van der Waals surface area contributed by atoms with Crippen molar-refractivity contribution in [1.29, 1.82) is 0 Å². The van der Waals surface area contributed by atoms with Crippen molar-refractivity contribution in [3.8, 4) is 17.3 Å². The van der Waals surface area contributed by atoms with Crippen molar-refractivity contribution in [1.82, 2.24) is 30.4 Å². The van der Waals surface area contributed by atoms with Gasteiger partial charge in [-0.05, 0) is 25.7 Å². The van der Waals surface area contributed by atoms with E-state index in [-0.39, 0.29) is 50.4 Å². The number of aromatic nitrogens is 2. The van der Waals surface area contributed by atoms with Crippen LogP contribution in [0.5, 0.6) is 5.88 Å². The molecule has 2 aliphatic rings. The van der Waals surface area contributed by atoms with Crippen molar-refractivity contribution in [3.05, 3.63) is 42.1 Å². The molecule has 4 amide bonds. The number of nitrogens with one attached hydrogen (secondary N) is 2. The Hall–Kier alpha value is -4.42. The molecule has 1 aliphatic heterocycles. The van der Waals surface area contributed by atoms with Crippen LogP contribution >= 0.6 is 0 Å². The Labute approximate surface area is 225 Å². The summed E-state index contributed by atoms with van der Waals surface area (Å²) >= 11 is 0. The molecule has 2 heterocycles.